The third-order valence-corrected chi connectivity index (χ3v) is 3.02. The molecule has 94 valence electrons. The van der Waals surface area contributed by atoms with Gasteiger partial charge < -0.3 is 10.2 Å². The van der Waals surface area contributed by atoms with Gasteiger partial charge in [0.2, 0.25) is 0 Å². The normalized spacial score (nSPS) is 10.7. The summed E-state index contributed by atoms with van der Waals surface area (Å²) in [6.07, 6.45) is 0. The lowest BCUT2D eigenvalue weighted by molar-refractivity contribution is 0.0949. The maximum absolute atomic E-state index is 12.1. The van der Waals surface area contributed by atoms with Gasteiger partial charge >= 0.3 is 0 Å². The van der Waals surface area contributed by atoms with Crippen LogP contribution in [0.25, 0.3) is 0 Å². The molecule has 17 heavy (non-hydrogen) atoms. The minimum Gasteiger partial charge on any atom is -0.351 e. The van der Waals surface area contributed by atoms with Crippen molar-refractivity contribution in [2.24, 2.45) is 0 Å². The summed E-state index contributed by atoms with van der Waals surface area (Å²) in [5, 5.41) is 2.96. The van der Waals surface area contributed by atoms with Crippen LogP contribution in [0.2, 0.25) is 0 Å². The van der Waals surface area contributed by atoms with Crippen LogP contribution in [0.3, 0.4) is 0 Å². The van der Waals surface area contributed by atoms with Gasteiger partial charge in [0, 0.05) is 18.7 Å². The quantitative estimate of drug-likeness (QED) is 0.863. The first-order chi connectivity index (χ1) is 7.93. The van der Waals surface area contributed by atoms with Crippen molar-refractivity contribution in [2.75, 3.05) is 27.2 Å². The molecule has 0 bridgehead atoms. The fourth-order valence-electron chi connectivity index (χ4n) is 1.78. The molecular formula is C14H22N2O. The molecule has 0 saturated heterocycles. The molecule has 1 rings (SSSR count). The molecule has 0 aromatic heterocycles. The molecule has 0 radical (unpaired) electrons. The van der Waals surface area contributed by atoms with Gasteiger partial charge in [0.05, 0.1) is 0 Å². The smallest absolute Gasteiger partial charge is 0.251 e. The van der Waals surface area contributed by atoms with Crippen LogP contribution in [0.4, 0.5) is 0 Å². The van der Waals surface area contributed by atoms with Crippen LogP contribution < -0.4 is 5.32 Å². The van der Waals surface area contributed by atoms with Gasteiger partial charge in [0.25, 0.3) is 5.91 Å². The molecule has 1 amide bonds. The van der Waals surface area contributed by atoms with Crippen molar-refractivity contribution in [3.05, 3.63) is 34.4 Å². The van der Waals surface area contributed by atoms with Gasteiger partial charge in [-0.05, 0) is 51.6 Å². The lowest BCUT2D eigenvalue weighted by Crippen LogP contribution is -2.32. The van der Waals surface area contributed by atoms with Gasteiger partial charge in [-0.1, -0.05) is 12.1 Å². The van der Waals surface area contributed by atoms with Gasteiger partial charge in [-0.15, -0.1) is 0 Å². The van der Waals surface area contributed by atoms with E-state index in [1.807, 2.05) is 40.9 Å². The van der Waals surface area contributed by atoms with E-state index in [4.69, 9.17) is 0 Å². The zero-order chi connectivity index (χ0) is 13.0. The topological polar surface area (TPSA) is 32.3 Å². The Hall–Kier alpha value is -1.35. The Morgan fingerprint density at radius 1 is 1.18 bits per heavy atom. The number of aryl methyl sites for hydroxylation is 2. The number of rotatable bonds is 4. The van der Waals surface area contributed by atoms with E-state index in [0.717, 1.165) is 28.8 Å². The largest absolute Gasteiger partial charge is 0.351 e. The Labute approximate surface area is 104 Å². The van der Waals surface area contributed by atoms with Crippen LogP contribution in [0.15, 0.2) is 12.1 Å². The molecule has 3 heteroatoms. The second kappa shape index (κ2) is 5.82. The van der Waals surface area contributed by atoms with Crippen molar-refractivity contribution >= 4 is 5.91 Å². The third kappa shape index (κ3) is 3.56. The van der Waals surface area contributed by atoms with Crippen LogP contribution in [0.1, 0.15) is 27.0 Å². The first-order valence-corrected chi connectivity index (χ1v) is 5.93. The first-order valence-electron chi connectivity index (χ1n) is 5.93. The molecule has 3 nitrogen and oxygen atoms in total. The van der Waals surface area contributed by atoms with E-state index in [0.29, 0.717) is 6.54 Å². The lowest BCUT2D eigenvalue weighted by atomic mass is 9.98. The zero-order valence-electron chi connectivity index (χ0n) is 11.4. The van der Waals surface area contributed by atoms with Gasteiger partial charge in [-0.25, -0.2) is 0 Å². The predicted molar refractivity (Wildman–Crippen MR) is 71.5 cm³/mol. The number of carbonyl (C=O) groups excluding carboxylic acids is 1. The zero-order valence-corrected chi connectivity index (χ0v) is 11.4. The van der Waals surface area contributed by atoms with Crippen LogP contribution in [-0.4, -0.2) is 38.0 Å². The van der Waals surface area contributed by atoms with E-state index < -0.39 is 0 Å². The Balaban J connectivity index is 2.79. The molecule has 0 unspecified atom stereocenters. The first kappa shape index (κ1) is 13.7. The van der Waals surface area contributed by atoms with E-state index >= 15 is 0 Å². The fraction of sp³-hybridized carbons (Fsp3) is 0.500. The van der Waals surface area contributed by atoms with Gasteiger partial charge in [0.1, 0.15) is 0 Å². The number of hydrogen-bond acceptors (Lipinski definition) is 2. The number of nitrogens with zero attached hydrogens (tertiary/aromatic N) is 1. The monoisotopic (exact) mass is 234 g/mol. The van der Waals surface area contributed by atoms with Crippen LogP contribution >= 0.6 is 0 Å². The maximum Gasteiger partial charge on any atom is 0.251 e. The summed E-state index contributed by atoms with van der Waals surface area (Å²) < 4.78 is 0. The molecule has 1 aromatic carbocycles. The second-order valence-electron chi connectivity index (χ2n) is 4.76. The van der Waals surface area contributed by atoms with Gasteiger partial charge in [-0.2, -0.15) is 0 Å². The maximum atomic E-state index is 12.1. The number of nitrogens with one attached hydrogen (secondary N) is 1. The Kier molecular flexibility index (Phi) is 4.70. The molecule has 0 fully saturated rings. The summed E-state index contributed by atoms with van der Waals surface area (Å²) in [6, 6.07) is 4.06. The van der Waals surface area contributed by atoms with E-state index in [-0.39, 0.29) is 5.91 Å². The highest BCUT2D eigenvalue weighted by molar-refractivity contribution is 5.97. The molecule has 0 spiro atoms. The predicted octanol–water partition coefficient (Wildman–Crippen LogP) is 1.90. The van der Waals surface area contributed by atoms with E-state index in [9.17, 15) is 4.79 Å². The van der Waals surface area contributed by atoms with Crippen molar-refractivity contribution in [2.45, 2.75) is 20.8 Å². The molecular weight excluding hydrogens is 212 g/mol. The van der Waals surface area contributed by atoms with E-state index in [2.05, 4.69) is 16.3 Å². The average molecular weight is 234 g/mol. The summed E-state index contributed by atoms with van der Waals surface area (Å²) in [5.41, 5.74) is 4.10. The van der Waals surface area contributed by atoms with E-state index in [1.54, 1.807) is 0 Å². The van der Waals surface area contributed by atoms with Crippen molar-refractivity contribution in [1.29, 1.82) is 0 Å². The molecule has 0 heterocycles. The summed E-state index contributed by atoms with van der Waals surface area (Å²) in [6.45, 7) is 7.55. The number of likely N-dealkylation sites (N-methyl/N-ethyl adjacent to an activating group) is 1. The number of benzene rings is 1. The Morgan fingerprint density at radius 3 is 2.35 bits per heavy atom. The highest BCUT2D eigenvalue weighted by Gasteiger charge is 2.12. The molecule has 0 aliphatic heterocycles. The second-order valence-corrected chi connectivity index (χ2v) is 4.76. The molecule has 1 N–H and O–H groups in total. The highest BCUT2D eigenvalue weighted by Crippen LogP contribution is 2.17. The molecule has 0 aliphatic rings. The average Bonchev–Trinajstić information content (AvgIpc) is 2.23. The molecule has 0 saturated carbocycles. The minimum absolute atomic E-state index is 0.0329. The molecule has 0 aliphatic carbocycles. The summed E-state index contributed by atoms with van der Waals surface area (Å²) in [4.78, 5) is 14.1. The van der Waals surface area contributed by atoms with Crippen molar-refractivity contribution < 1.29 is 4.79 Å². The lowest BCUT2D eigenvalue weighted by Gasteiger charge is -2.14. The molecule has 1 aromatic rings. The minimum atomic E-state index is 0.0329. The fourth-order valence-corrected chi connectivity index (χ4v) is 1.78. The van der Waals surface area contributed by atoms with Crippen LogP contribution in [-0.2, 0) is 0 Å². The SMILES string of the molecule is Cc1ccc(C)c(C(=O)NCCN(C)C)c1C. The Morgan fingerprint density at radius 2 is 1.76 bits per heavy atom. The van der Waals surface area contributed by atoms with Crippen LogP contribution in [0.5, 0.6) is 0 Å². The van der Waals surface area contributed by atoms with Gasteiger partial charge in [-0.3, -0.25) is 4.79 Å². The summed E-state index contributed by atoms with van der Waals surface area (Å²) in [7, 11) is 3.99. The highest BCUT2D eigenvalue weighted by atomic mass is 16.1. The van der Waals surface area contributed by atoms with Crippen molar-refractivity contribution in [1.82, 2.24) is 10.2 Å². The number of hydrogen-bond donors (Lipinski definition) is 1. The number of amides is 1. The third-order valence-electron chi connectivity index (χ3n) is 3.02. The summed E-state index contributed by atoms with van der Waals surface area (Å²) in [5.74, 6) is 0.0329. The standard InChI is InChI=1S/C14H22N2O/c1-10-6-7-11(2)13(12(10)3)14(17)15-8-9-16(4)5/h6-7H,8-9H2,1-5H3,(H,15,17). The van der Waals surface area contributed by atoms with Crippen molar-refractivity contribution in [3.8, 4) is 0 Å². The summed E-state index contributed by atoms with van der Waals surface area (Å²) >= 11 is 0. The Bertz CT molecular complexity index is 411. The van der Waals surface area contributed by atoms with Crippen LogP contribution in [0, 0.1) is 20.8 Å². The number of carbonyl (C=O) groups is 1. The van der Waals surface area contributed by atoms with Gasteiger partial charge in [0.15, 0.2) is 0 Å². The van der Waals surface area contributed by atoms with E-state index in [1.165, 1.54) is 0 Å². The molecule has 0 atom stereocenters. The van der Waals surface area contributed by atoms with Crippen molar-refractivity contribution in [3.63, 3.8) is 0 Å².